The van der Waals surface area contributed by atoms with Gasteiger partial charge in [-0.25, -0.2) is 0 Å². The minimum atomic E-state index is -0.255. The Labute approximate surface area is 115 Å². The summed E-state index contributed by atoms with van der Waals surface area (Å²) >= 11 is 0. The highest BCUT2D eigenvalue weighted by atomic mass is 16.1. The fourth-order valence-corrected chi connectivity index (χ4v) is 2.83. The van der Waals surface area contributed by atoms with Crippen LogP contribution in [0.3, 0.4) is 0 Å². The van der Waals surface area contributed by atoms with Crippen molar-refractivity contribution in [2.45, 2.75) is 32.7 Å². The zero-order valence-electron chi connectivity index (χ0n) is 11.7. The molecule has 1 amide bonds. The van der Waals surface area contributed by atoms with E-state index in [2.05, 4.69) is 43.0 Å². The molecule has 1 aliphatic rings. The summed E-state index contributed by atoms with van der Waals surface area (Å²) in [6, 6.07) is 10.6. The van der Waals surface area contributed by atoms with Crippen LogP contribution in [0.1, 0.15) is 38.3 Å². The third-order valence-corrected chi connectivity index (χ3v) is 3.95. The van der Waals surface area contributed by atoms with Crippen LogP contribution in [0.2, 0.25) is 0 Å². The Balaban J connectivity index is 2.41. The Bertz CT molecular complexity index is 475. The van der Waals surface area contributed by atoms with Crippen molar-refractivity contribution in [3.63, 3.8) is 0 Å². The maximum Gasteiger partial charge on any atom is 0.244 e. The first-order valence-electron chi connectivity index (χ1n) is 6.99. The summed E-state index contributed by atoms with van der Waals surface area (Å²) in [4.78, 5) is 13.9. The van der Waals surface area contributed by atoms with E-state index in [-0.39, 0.29) is 11.9 Å². The van der Waals surface area contributed by atoms with Crippen LogP contribution in [0.25, 0.3) is 0 Å². The number of benzene rings is 1. The van der Waals surface area contributed by atoms with Crippen LogP contribution in [0.5, 0.6) is 0 Å². The second-order valence-electron chi connectivity index (χ2n) is 4.90. The largest absolute Gasteiger partial charge is 0.366 e. The predicted molar refractivity (Wildman–Crippen MR) is 77.6 cm³/mol. The molecule has 2 N–H and O–H groups in total. The smallest absolute Gasteiger partial charge is 0.244 e. The molecule has 0 aromatic heterocycles. The lowest BCUT2D eigenvalue weighted by Gasteiger charge is -2.37. The zero-order chi connectivity index (χ0) is 13.8. The van der Waals surface area contributed by atoms with Crippen LogP contribution in [0.15, 0.2) is 41.5 Å². The highest BCUT2D eigenvalue weighted by Gasteiger charge is 2.31. The van der Waals surface area contributed by atoms with Gasteiger partial charge < -0.3 is 5.73 Å². The summed E-state index contributed by atoms with van der Waals surface area (Å²) in [6.45, 7) is 6.24. The average Bonchev–Trinajstić information content (AvgIpc) is 2.38. The molecule has 0 spiro atoms. The fourth-order valence-electron chi connectivity index (χ4n) is 2.83. The molecule has 1 atom stereocenters. The van der Waals surface area contributed by atoms with E-state index >= 15 is 0 Å². The molecule has 0 saturated carbocycles. The maximum atomic E-state index is 11.5. The molecule has 3 nitrogen and oxygen atoms in total. The highest BCUT2D eigenvalue weighted by molar-refractivity contribution is 5.94. The van der Waals surface area contributed by atoms with E-state index in [9.17, 15) is 4.79 Å². The molecule has 3 heteroatoms. The van der Waals surface area contributed by atoms with E-state index < -0.39 is 0 Å². The molecule has 1 unspecified atom stereocenters. The van der Waals surface area contributed by atoms with Gasteiger partial charge in [-0.1, -0.05) is 44.2 Å². The Morgan fingerprint density at radius 2 is 1.84 bits per heavy atom. The first-order chi connectivity index (χ1) is 9.19. The second kappa shape index (κ2) is 6.02. The van der Waals surface area contributed by atoms with Gasteiger partial charge in [-0.3, -0.25) is 9.69 Å². The van der Waals surface area contributed by atoms with E-state index in [0.717, 1.165) is 31.5 Å². The molecular formula is C16H22N2O. The molecular weight excluding hydrogens is 236 g/mol. The minimum absolute atomic E-state index is 0.201. The Morgan fingerprint density at radius 1 is 1.21 bits per heavy atom. The first kappa shape index (κ1) is 13.8. The van der Waals surface area contributed by atoms with Crippen molar-refractivity contribution in [2.75, 3.05) is 13.1 Å². The van der Waals surface area contributed by atoms with Crippen molar-refractivity contribution in [1.82, 2.24) is 4.90 Å². The van der Waals surface area contributed by atoms with E-state index in [0.29, 0.717) is 0 Å². The molecule has 0 fully saturated rings. The summed E-state index contributed by atoms with van der Waals surface area (Å²) in [5.74, 6) is -0.255. The number of carbonyl (C=O) groups excluding carboxylic acids is 1. The Morgan fingerprint density at radius 3 is 2.26 bits per heavy atom. The van der Waals surface area contributed by atoms with Crippen molar-refractivity contribution in [2.24, 2.45) is 5.73 Å². The van der Waals surface area contributed by atoms with Gasteiger partial charge in [0.15, 0.2) is 0 Å². The van der Waals surface area contributed by atoms with Crippen LogP contribution in [0.4, 0.5) is 0 Å². The molecule has 1 aliphatic carbocycles. The average molecular weight is 258 g/mol. The van der Waals surface area contributed by atoms with Gasteiger partial charge in [-0.15, -0.1) is 0 Å². The fraction of sp³-hybridized carbons (Fsp3) is 0.438. The molecule has 0 radical (unpaired) electrons. The van der Waals surface area contributed by atoms with Crippen LogP contribution in [-0.2, 0) is 4.79 Å². The molecule has 0 saturated heterocycles. The molecule has 19 heavy (non-hydrogen) atoms. The Hall–Kier alpha value is -1.61. The monoisotopic (exact) mass is 258 g/mol. The van der Waals surface area contributed by atoms with Crippen LogP contribution in [0, 0.1) is 0 Å². The van der Waals surface area contributed by atoms with E-state index in [4.69, 9.17) is 5.73 Å². The maximum absolute atomic E-state index is 11.5. The number of likely N-dealkylation sites (N-methyl/N-ethyl adjacent to an activating group) is 1. The molecule has 1 aromatic carbocycles. The standard InChI is InChI=1S/C16H22N2O/c1-3-18(4-2)15(12-8-6-5-7-9-12)13-10-11-14(13)16(17)19/h5-9,15H,3-4,10-11H2,1-2H3,(H2,17,19). The lowest BCUT2D eigenvalue weighted by Crippen LogP contribution is -2.34. The molecule has 0 heterocycles. The van der Waals surface area contributed by atoms with Crippen molar-refractivity contribution >= 4 is 5.91 Å². The SMILES string of the molecule is CCN(CC)C(C1=C(C(N)=O)CC1)c1ccccc1. The number of hydrogen-bond acceptors (Lipinski definition) is 2. The third-order valence-electron chi connectivity index (χ3n) is 3.95. The van der Waals surface area contributed by atoms with Crippen LogP contribution < -0.4 is 5.73 Å². The van der Waals surface area contributed by atoms with Gasteiger partial charge in [0.1, 0.15) is 0 Å². The van der Waals surface area contributed by atoms with Gasteiger partial charge in [0.2, 0.25) is 5.91 Å². The van der Waals surface area contributed by atoms with Crippen LogP contribution >= 0.6 is 0 Å². The lowest BCUT2D eigenvalue weighted by atomic mass is 9.80. The second-order valence-corrected chi connectivity index (χ2v) is 4.90. The Kier molecular flexibility index (Phi) is 4.38. The number of nitrogens with two attached hydrogens (primary N) is 1. The third kappa shape index (κ3) is 2.71. The number of hydrogen-bond donors (Lipinski definition) is 1. The first-order valence-corrected chi connectivity index (χ1v) is 6.99. The summed E-state index contributed by atoms with van der Waals surface area (Å²) in [5, 5.41) is 0. The number of nitrogens with zero attached hydrogens (tertiary/aromatic N) is 1. The minimum Gasteiger partial charge on any atom is -0.366 e. The summed E-state index contributed by atoms with van der Waals surface area (Å²) < 4.78 is 0. The predicted octanol–water partition coefficient (Wildman–Crippen LogP) is 2.65. The molecule has 1 aromatic rings. The molecule has 0 bridgehead atoms. The van der Waals surface area contributed by atoms with E-state index in [1.807, 2.05) is 6.07 Å². The summed E-state index contributed by atoms with van der Waals surface area (Å²) in [5.41, 5.74) is 8.77. The molecule has 102 valence electrons. The quantitative estimate of drug-likeness (QED) is 0.852. The van der Waals surface area contributed by atoms with Crippen molar-refractivity contribution in [1.29, 1.82) is 0 Å². The van der Waals surface area contributed by atoms with Gasteiger partial charge in [0, 0.05) is 5.57 Å². The van der Waals surface area contributed by atoms with Crippen molar-refractivity contribution < 1.29 is 4.79 Å². The topological polar surface area (TPSA) is 46.3 Å². The van der Waals surface area contributed by atoms with E-state index in [1.165, 1.54) is 11.1 Å². The highest BCUT2D eigenvalue weighted by Crippen LogP contribution is 2.40. The van der Waals surface area contributed by atoms with Gasteiger partial charge in [0.25, 0.3) is 0 Å². The van der Waals surface area contributed by atoms with Gasteiger partial charge in [-0.2, -0.15) is 0 Å². The number of rotatable bonds is 6. The number of amides is 1. The summed E-state index contributed by atoms with van der Waals surface area (Å²) in [6.07, 6.45) is 1.81. The van der Waals surface area contributed by atoms with Gasteiger partial charge >= 0.3 is 0 Å². The molecule has 2 rings (SSSR count). The van der Waals surface area contributed by atoms with Crippen molar-refractivity contribution in [3.05, 3.63) is 47.0 Å². The molecule has 0 aliphatic heterocycles. The zero-order valence-corrected chi connectivity index (χ0v) is 11.7. The van der Waals surface area contributed by atoms with E-state index in [1.54, 1.807) is 0 Å². The summed E-state index contributed by atoms with van der Waals surface area (Å²) in [7, 11) is 0. The van der Waals surface area contributed by atoms with Gasteiger partial charge in [0.05, 0.1) is 6.04 Å². The lowest BCUT2D eigenvalue weighted by molar-refractivity contribution is -0.115. The van der Waals surface area contributed by atoms with Gasteiger partial charge in [-0.05, 0) is 37.1 Å². The van der Waals surface area contributed by atoms with Crippen LogP contribution in [-0.4, -0.2) is 23.9 Å². The normalized spacial score (nSPS) is 16.4. The van der Waals surface area contributed by atoms with Crippen molar-refractivity contribution in [3.8, 4) is 0 Å². The number of primary amides is 1. The number of carbonyl (C=O) groups is 1.